The minimum atomic E-state index is -0.603. The number of benzene rings is 1. The molecule has 120 valence electrons. The molecule has 0 bridgehead atoms. The van der Waals surface area contributed by atoms with Crippen molar-refractivity contribution >= 4 is 29.3 Å². The van der Waals surface area contributed by atoms with Crippen molar-refractivity contribution in [1.29, 1.82) is 0 Å². The summed E-state index contributed by atoms with van der Waals surface area (Å²) in [5.74, 6) is -0.306. The Balaban J connectivity index is 1.62. The molecule has 2 heterocycles. The molecule has 0 spiro atoms. The monoisotopic (exact) mass is 335 g/mol. The molecule has 8 nitrogen and oxygen atoms in total. The predicted octanol–water partition coefficient (Wildman–Crippen LogP) is 0.764. The first kappa shape index (κ1) is 15.5. The molecule has 0 aromatic heterocycles. The molecule has 1 aromatic carbocycles. The molecule has 0 saturated carbocycles. The first-order valence-corrected chi connectivity index (χ1v) is 7.85. The summed E-state index contributed by atoms with van der Waals surface area (Å²) in [4.78, 5) is 35.3. The van der Waals surface area contributed by atoms with Gasteiger partial charge in [0.25, 0.3) is 5.69 Å². The minimum absolute atomic E-state index is 0.0277. The summed E-state index contributed by atoms with van der Waals surface area (Å²) in [6, 6.07) is 5.14. The van der Waals surface area contributed by atoms with Crippen LogP contribution in [0.5, 0.6) is 0 Å². The van der Waals surface area contributed by atoms with Gasteiger partial charge in [-0.3, -0.25) is 19.8 Å². The number of carbonyl (C=O) groups is 2. The maximum atomic E-state index is 12.1. The van der Waals surface area contributed by atoms with Crippen LogP contribution < -0.4 is 5.73 Å². The Kier molecular flexibility index (Phi) is 4.05. The second kappa shape index (κ2) is 6.01. The van der Waals surface area contributed by atoms with E-state index in [0.29, 0.717) is 11.3 Å². The van der Waals surface area contributed by atoms with Crippen LogP contribution in [0.2, 0.25) is 0 Å². The molecule has 2 unspecified atom stereocenters. The molecular weight excluding hydrogens is 322 g/mol. The number of carbonyl (C=O) groups excluding carboxylic acids is 2. The number of amides is 1. The van der Waals surface area contributed by atoms with Gasteiger partial charge in [0.2, 0.25) is 5.91 Å². The van der Waals surface area contributed by atoms with Crippen LogP contribution in [-0.2, 0) is 20.9 Å². The SMILES string of the molecule is NC1C(=O)N2C(C(=O)OCc3ccc([N+](=O)[O-])cc3)=CCSC12. The molecule has 2 aliphatic rings. The van der Waals surface area contributed by atoms with Crippen molar-refractivity contribution in [2.24, 2.45) is 5.73 Å². The lowest BCUT2D eigenvalue weighted by molar-refractivity contribution is -0.384. The Hall–Kier alpha value is -2.39. The second-order valence-corrected chi connectivity index (χ2v) is 6.20. The molecule has 2 aliphatic heterocycles. The number of hydrogen-bond donors (Lipinski definition) is 1. The van der Waals surface area contributed by atoms with E-state index in [4.69, 9.17) is 10.5 Å². The molecule has 1 amide bonds. The van der Waals surface area contributed by atoms with Crippen molar-refractivity contribution < 1.29 is 19.2 Å². The van der Waals surface area contributed by atoms with Crippen molar-refractivity contribution in [3.05, 3.63) is 51.7 Å². The van der Waals surface area contributed by atoms with Gasteiger partial charge in [0.05, 0.1) is 4.92 Å². The number of ether oxygens (including phenoxy) is 1. The molecule has 0 radical (unpaired) electrons. The number of hydrogen-bond acceptors (Lipinski definition) is 7. The Morgan fingerprint density at radius 3 is 2.78 bits per heavy atom. The highest BCUT2D eigenvalue weighted by molar-refractivity contribution is 8.00. The summed E-state index contributed by atoms with van der Waals surface area (Å²) in [6.07, 6.45) is 1.64. The maximum absolute atomic E-state index is 12.1. The van der Waals surface area contributed by atoms with Crippen molar-refractivity contribution in [3.8, 4) is 0 Å². The third-order valence-corrected chi connectivity index (χ3v) is 4.82. The lowest BCUT2D eigenvalue weighted by Gasteiger charge is -2.46. The number of esters is 1. The number of non-ortho nitro benzene ring substituents is 1. The molecule has 1 saturated heterocycles. The Morgan fingerprint density at radius 1 is 1.43 bits per heavy atom. The molecule has 1 fully saturated rings. The van der Waals surface area contributed by atoms with Gasteiger partial charge in [0.15, 0.2) is 0 Å². The molecule has 1 aromatic rings. The van der Waals surface area contributed by atoms with Crippen LogP contribution in [0.4, 0.5) is 5.69 Å². The topological polar surface area (TPSA) is 116 Å². The van der Waals surface area contributed by atoms with Crippen LogP contribution in [0.3, 0.4) is 0 Å². The van der Waals surface area contributed by atoms with Crippen LogP contribution in [0.15, 0.2) is 36.0 Å². The summed E-state index contributed by atoms with van der Waals surface area (Å²) in [7, 11) is 0. The van der Waals surface area contributed by atoms with Gasteiger partial charge < -0.3 is 10.5 Å². The molecule has 2 N–H and O–H groups in total. The number of nitro groups is 1. The number of rotatable bonds is 4. The second-order valence-electron chi connectivity index (χ2n) is 5.05. The molecule has 3 rings (SSSR count). The van der Waals surface area contributed by atoms with E-state index >= 15 is 0 Å². The lowest BCUT2D eigenvalue weighted by atomic mass is 10.1. The maximum Gasteiger partial charge on any atom is 0.355 e. The van der Waals surface area contributed by atoms with Gasteiger partial charge in [-0.15, -0.1) is 11.8 Å². The van der Waals surface area contributed by atoms with Crippen LogP contribution >= 0.6 is 11.8 Å². The average molecular weight is 335 g/mol. The Labute approximate surface area is 135 Å². The predicted molar refractivity (Wildman–Crippen MR) is 82.0 cm³/mol. The normalized spacial score (nSPS) is 22.7. The standard InChI is InChI=1S/C14H13N3O5S/c15-11-12(18)16-10(5-6-23-13(11)16)14(19)22-7-8-1-3-9(4-2-8)17(20)21/h1-5,11,13H,6-7,15H2. The number of nitrogens with zero attached hydrogens (tertiary/aromatic N) is 2. The molecular formula is C14H13N3O5S. The highest BCUT2D eigenvalue weighted by Gasteiger charge is 2.50. The van der Waals surface area contributed by atoms with E-state index < -0.39 is 16.9 Å². The number of thioether (sulfide) groups is 1. The summed E-state index contributed by atoms with van der Waals surface area (Å²) >= 11 is 1.50. The van der Waals surface area contributed by atoms with E-state index in [-0.39, 0.29) is 29.3 Å². The Morgan fingerprint density at radius 2 is 2.13 bits per heavy atom. The van der Waals surface area contributed by atoms with E-state index in [2.05, 4.69) is 0 Å². The average Bonchev–Trinajstić information content (AvgIpc) is 2.58. The number of fused-ring (bicyclic) bond motifs is 1. The fraction of sp³-hybridized carbons (Fsp3) is 0.286. The lowest BCUT2D eigenvalue weighted by Crippen LogP contribution is -2.68. The number of β-lactam (4-membered cyclic amide) rings is 1. The number of nitrogens with two attached hydrogens (primary N) is 1. The highest BCUT2D eigenvalue weighted by Crippen LogP contribution is 2.36. The largest absolute Gasteiger partial charge is 0.456 e. The van der Waals surface area contributed by atoms with Gasteiger partial charge in [-0.1, -0.05) is 0 Å². The third-order valence-electron chi connectivity index (χ3n) is 3.61. The van der Waals surface area contributed by atoms with E-state index in [1.807, 2.05) is 0 Å². The van der Waals surface area contributed by atoms with Gasteiger partial charge in [0.1, 0.15) is 23.7 Å². The fourth-order valence-corrected chi connectivity index (χ4v) is 3.50. The zero-order chi connectivity index (χ0) is 16.6. The van der Waals surface area contributed by atoms with Crippen molar-refractivity contribution in [3.63, 3.8) is 0 Å². The summed E-state index contributed by atoms with van der Waals surface area (Å²) in [5.41, 5.74) is 6.50. The minimum Gasteiger partial charge on any atom is -0.456 e. The van der Waals surface area contributed by atoms with Gasteiger partial charge >= 0.3 is 5.97 Å². The molecule has 0 aliphatic carbocycles. The zero-order valence-corrected chi connectivity index (χ0v) is 12.7. The van der Waals surface area contributed by atoms with Crippen molar-refractivity contribution in [2.75, 3.05) is 5.75 Å². The molecule has 23 heavy (non-hydrogen) atoms. The van der Waals surface area contributed by atoms with Crippen molar-refractivity contribution in [1.82, 2.24) is 4.90 Å². The summed E-state index contributed by atoms with van der Waals surface area (Å²) in [5, 5.41) is 10.4. The first-order valence-electron chi connectivity index (χ1n) is 6.80. The van der Waals surface area contributed by atoms with E-state index in [1.165, 1.54) is 40.9 Å². The van der Waals surface area contributed by atoms with Crippen LogP contribution in [0.1, 0.15) is 5.56 Å². The van der Waals surface area contributed by atoms with Gasteiger partial charge in [-0.25, -0.2) is 4.79 Å². The molecule has 2 atom stereocenters. The van der Waals surface area contributed by atoms with Gasteiger partial charge in [-0.2, -0.15) is 0 Å². The smallest absolute Gasteiger partial charge is 0.355 e. The summed E-state index contributed by atoms with van der Waals surface area (Å²) < 4.78 is 5.18. The van der Waals surface area contributed by atoms with E-state index in [0.717, 1.165) is 0 Å². The quantitative estimate of drug-likeness (QED) is 0.374. The van der Waals surface area contributed by atoms with Crippen LogP contribution in [-0.4, -0.2) is 38.9 Å². The highest BCUT2D eigenvalue weighted by atomic mass is 32.2. The molecule has 9 heteroatoms. The Bertz CT molecular complexity index is 703. The van der Waals surface area contributed by atoms with E-state index in [9.17, 15) is 19.7 Å². The first-order chi connectivity index (χ1) is 11.0. The number of nitro benzene ring substituents is 1. The van der Waals surface area contributed by atoms with Gasteiger partial charge in [0, 0.05) is 17.9 Å². The fourth-order valence-electron chi connectivity index (χ4n) is 2.36. The van der Waals surface area contributed by atoms with Crippen LogP contribution in [0, 0.1) is 10.1 Å². The van der Waals surface area contributed by atoms with Crippen molar-refractivity contribution in [2.45, 2.75) is 18.0 Å². The van der Waals surface area contributed by atoms with Crippen LogP contribution in [0.25, 0.3) is 0 Å². The summed E-state index contributed by atoms with van der Waals surface area (Å²) in [6.45, 7) is -0.0277. The third kappa shape index (κ3) is 2.80. The van der Waals surface area contributed by atoms with E-state index in [1.54, 1.807) is 6.08 Å². The van der Waals surface area contributed by atoms with Gasteiger partial charge in [-0.05, 0) is 23.8 Å². The zero-order valence-electron chi connectivity index (χ0n) is 11.9.